The molecule has 19 heavy (non-hydrogen) atoms. The molecule has 1 aliphatic rings. The number of carbonyl (C=O) groups is 4. The number of Topliss-reactive ketones (excluding diaryl/α,β-unsaturated/α-hetero) is 2. The predicted molar refractivity (Wildman–Crippen MR) is 68.1 cm³/mol. The molecule has 0 unspecified atom stereocenters. The van der Waals surface area contributed by atoms with Gasteiger partial charge in [-0.1, -0.05) is 23.2 Å². The number of anilines is 1. The van der Waals surface area contributed by atoms with Gasteiger partial charge in [0.1, 0.15) is 5.78 Å². The van der Waals surface area contributed by atoms with Gasteiger partial charge in [0.25, 0.3) is 5.91 Å². The lowest BCUT2D eigenvalue weighted by Gasteiger charge is -2.13. The summed E-state index contributed by atoms with van der Waals surface area (Å²) in [6, 6.07) is 4.06. The minimum atomic E-state index is -1.55. The number of imide groups is 1. The zero-order chi connectivity index (χ0) is 14.3. The van der Waals surface area contributed by atoms with Gasteiger partial charge in [0.15, 0.2) is 5.92 Å². The number of benzene rings is 1. The Hall–Kier alpha value is -1.72. The molecule has 1 heterocycles. The highest BCUT2D eigenvalue weighted by molar-refractivity contribution is 6.59. The summed E-state index contributed by atoms with van der Waals surface area (Å²) in [5.74, 6) is -5.14. The Morgan fingerprint density at radius 1 is 1.16 bits per heavy atom. The highest BCUT2D eigenvalue weighted by atomic mass is 35.5. The molecule has 1 fully saturated rings. The van der Waals surface area contributed by atoms with Gasteiger partial charge >= 0.3 is 5.91 Å². The molecule has 0 radical (unpaired) electrons. The Bertz CT molecular complexity index is 626. The summed E-state index contributed by atoms with van der Waals surface area (Å²) in [5, 5.41) is 0.387. The van der Waals surface area contributed by atoms with Gasteiger partial charge in [-0.3, -0.25) is 19.2 Å². The van der Waals surface area contributed by atoms with Crippen LogP contribution in [-0.4, -0.2) is 23.4 Å². The van der Waals surface area contributed by atoms with E-state index in [0.29, 0.717) is 4.90 Å². The number of amides is 2. The molecule has 1 atom stereocenters. The molecule has 0 bridgehead atoms. The third-order valence-electron chi connectivity index (χ3n) is 2.71. The zero-order valence-corrected chi connectivity index (χ0v) is 11.2. The molecule has 2 rings (SSSR count). The number of hydrogen-bond donors (Lipinski definition) is 0. The Morgan fingerprint density at radius 2 is 1.79 bits per heavy atom. The lowest BCUT2D eigenvalue weighted by molar-refractivity contribution is -0.139. The largest absolute Gasteiger partial charge is 0.302 e. The van der Waals surface area contributed by atoms with Gasteiger partial charge < -0.3 is 0 Å². The maximum Gasteiger partial charge on any atom is 0.302 e. The van der Waals surface area contributed by atoms with Crippen LogP contribution in [-0.2, 0) is 19.2 Å². The third kappa shape index (κ3) is 2.15. The van der Waals surface area contributed by atoms with Crippen LogP contribution in [0, 0.1) is 5.92 Å². The number of ketones is 2. The van der Waals surface area contributed by atoms with E-state index in [0.717, 1.165) is 6.92 Å². The topological polar surface area (TPSA) is 71.5 Å². The van der Waals surface area contributed by atoms with E-state index in [2.05, 4.69) is 0 Å². The van der Waals surface area contributed by atoms with Crippen molar-refractivity contribution in [2.75, 3.05) is 4.90 Å². The average molecular weight is 300 g/mol. The monoisotopic (exact) mass is 299 g/mol. The fourth-order valence-electron chi connectivity index (χ4n) is 1.80. The molecule has 2 amide bonds. The lowest BCUT2D eigenvalue weighted by atomic mass is 10.0. The lowest BCUT2D eigenvalue weighted by Crippen LogP contribution is -2.31. The van der Waals surface area contributed by atoms with Crippen molar-refractivity contribution in [2.24, 2.45) is 5.92 Å². The summed E-state index contributed by atoms with van der Waals surface area (Å²) in [7, 11) is 0. The zero-order valence-electron chi connectivity index (χ0n) is 9.65. The van der Waals surface area contributed by atoms with E-state index in [9.17, 15) is 19.2 Å². The molecule has 0 N–H and O–H groups in total. The van der Waals surface area contributed by atoms with Crippen molar-refractivity contribution in [3.05, 3.63) is 28.2 Å². The van der Waals surface area contributed by atoms with E-state index >= 15 is 0 Å². The smallest absolute Gasteiger partial charge is 0.299 e. The Balaban J connectivity index is 2.48. The molecular weight excluding hydrogens is 293 g/mol. The second-order valence-corrected chi connectivity index (χ2v) is 4.80. The highest BCUT2D eigenvalue weighted by Gasteiger charge is 2.50. The van der Waals surface area contributed by atoms with Gasteiger partial charge in [0.05, 0.1) is 15.7 Å². The number of hydrogen-bond acceptors (Lipinski definition) is 4. The molecule has 98 valence electrons. The van der Waals surface area contributed by atoms with Crippen molar-refractivity contribution < 1.29 is 19.2 Å². The minimum Gasteiger partial charge on any atom is -0.299 e. The van der Waals surface area contributed by atoms with Gasteiger partial charge in [-0.15, -0.1) is 0 Å². The summed E-state index contributed by atoms with van der Waals surface area (Å²) in [5.41, 5.74) is 0.113. The summed E-state index contributed by atoms with van der Waals surface area (Å²) < 4.78 is 0. The van der Waals surface area contributed by atoms with E-state index < -0.39 is 29.3 Å². The third-order valence-corrected chi connectivity index (χ3v) is 3.45. The average Bonchev–Trinajstić information content (AvgIpc) is 2.54. The van der Waals surface area contributed by atoms with Crippen LogP contribution in [0.5, 0.6) is 0 Å². The number of nitrogens with zero attached hydrogens (tertiary/aromatic N) is 1. The Morgan fingerprint density at radius 3 is 2.26 bits per heavy atom. The molecule has 0 saturated carbocycles. The van der Waals surface area contributed by atoms with Crippen LogP contribution in [0.15, 0.2) is 18.2 Å². The fraction of sp³-hybridized carbons (Fsp3) is 0.167. The van der Waals surface area contributed by atoms with Crippen LogP contribution in [0.4, 0.5) is 5.69 Å². The molecule has 1 aromatic carbocycles. The minimum absolute atomic E-state index is 0.113. The molecule has 1 aromatic rings. The van der Waals surface area contributed by atoms with Crippen LogP contribution < -0.4 is 4.90 Å². The van der Waals surface area contributed by atoms with Crippen molar-refractivity contribution in [3.8, 4) is 0 Å². The first-order valence-electron chi connectivity index (χ1n) is 5.22. The normalized spacial score (nSPS) is 19.2. The Labute approximate surface area is 118 Å². The SMILES string of the molecule is CC(=O)[C@H]1C(=O)C(=O)N(c2ccc(Cl)c(Cl)c2)C1=O. The highest BCUT2D eigenvalue weighted by Crippen LogP contribution is 2.30. The molecule has 7 heteroatoms. The van der Waals surface area contributed by atoms with E-state index in [4.69, 9.17) is 23.2 Å². The first kappa shape index (κ1) is 13.7. The predicted octanol–water partition coefficient (Wildman–Crippen LogP) is 1.64. The van der Waals surface area contributed by atoms with Gasteiger partial charge in [0.2, 0.25) is 5.78 Å². The van der Waals surface area contributed by atoms with Crippen molar-refractivity contribution in [1.82, 2.24) is 0 Å². The maximum absolute atomic E-state index is 12.0. The summed E-state index contributed by atoms with van der Waals surface area (Å²) in [6.07, 6.45) is 0. The first-order chi connectivity index (χ1) is 8.84. The van der Waals surface area contributed by atoms with Crippen molar-refractivity contribution in [3.63, 3.8) is 0 Å². The quantitative estimate of drug-likeness (QED) is 0.473. The summed E-state index contributed by atoms with van der Waals surface area (Å²) in [6.45, 7) is 1.09. The molecule has 0 aromatic heterocycles. The molecule has 5 nitrogen and oxygen atoms in total. The maximum atomic E-state index is 12.0. The Kier molecular flexibility index (Phi) is 3.43. The fourth-order valence-corrected chi connectivity index (χ4v) is 2.09. The van der Waals surface area contributed by atoms with Gasteiger partial charge in [-0.2, -0.15) is 0 Å². The van der Waals surface area contributed by atoms with Crippen molar-refractivity contribution in [2.45, 2.75) is 6.92 Å². The van der Waals surface area contributed by atoms with Crippen molar-refractivity contribution >= 4 is 52.3 Å². The first-order valence-corrected chi connectivity index (χ1v) is 5.98. The molecule has 0 aliphatic carbocycles. The van der Waals surface area contributed by atoms with Gasteiger partial charge in [-0.05, 0) is 25.1 Å². The van der Waals surface area contributed by atoms with Crippen LogP contribution in [0.2, 0.25) is 10.0 Å². The summed E-state index contributed by atoms with van der Waals surface area (Å²) in [4.78, 5) is 47.2. The van der Waals surface area contributed by atoms with Crippen molar-refractivity contribution in [1.29, 1.82) is 0 Å². The second-order valence-electron chi connectivity index (χ2n) is 3.99. The van der Waals surface area contributed by atoms with Crippen LogP contribution >= 0.6 is 23.2 Å². The molecule has 0 spiro atoms. The van der Waals surface area contributed by atoms with E-state index in [1.165, 1.54) is 18.2 Å². The second kappa shape index (κ2) is 4.75. The standard InChI is InChI=1S/C12H7Cl2NO4/c1-5(16)9-10(17)12(19)15(11(9)18)6-2-3-7(13)8(14)4-6/h2-4,9H,1H3/t9-/m0/s1. The summed E-state index contributed by atoms with van der Waals surface area (Å²) >= 11 is 11.5. The number of rotatable bonds is 2. The molecular formula is C12H7Cl2NO4. The van der Waals surface area contributed by atoms with Crippen LogP contribution in [0.1, 0.15) is 6.92 Å². The van der Waals surface area contributed by atoms with Crippen LogP contribution in [0.3, 0.4) is 0 Å². The van der Waals surface area contributed by atoms with E-state index in [1.807, 2.05) is 0 Å². The molecule has 1 aliphatic heterocycles. The number of halogens is 2. The number of carbonyl (C=O) groups excluding carboxylic acids is 4. The van der Waals surface area contributed by atoms with E-state index in [1.54, 1.807) is 0 Å². The van der Waals surface area contributed by atoms with Crippen LogP contribution in [0.25, 0.3) is 0 Å². The van der Waals surface area contributed by atoms with E-state index in [-0.39, 0.29) is 15.7 Å². The van der Waals surface area contributed by atoms with Gasteiger partial charge in [-0.25, -0.2) is 4.90 Å². The molecule has 1 saturated heterocycles. The van der Waals surface area contributed by atoms with Gasteiger partial charge in [0, 0.05) is 0 Å².